The molecule has 6 nitrogen and oxygen atoms in total. The fourth-order valence-corrected chi connectivity index (χ4v) is 3.55. The van der Waals surface area contributed by atoms with Crippen LogP contribution in [0.25, 0.3) is 0 Å². The zero-order chi connectivity index (χ0) is 15.4. The molecule has 1 amide bonds. The van der Waals surface area contributed by atoms with Crippen LogP contribution in [-0.4, -0.2) is 39.5 Å². The molecule has 1 saturated heterocycles. The van der Waals surface area contributed by atoms with Crippen molar-refractivity contribution < 1.29 is 9.59 Å². The Balaban J connectivity index is 1.76. The number of hydrogen-bond donors (Lipinski definition) is 1. The number of Topliss-reactive ketones (excluding diaryl/α,β-unsaturated/α-hetero) is 1. The van der Waals surface area contributed by atoms with Gasteiger partial charge >= 0.3 is 0 Å². The van der Waals surface area contributed by atoms with Gasteiger partial charge in [-0.2, -0.15) is 5.10 Å². The Kier molecular flexibility index (Phi) is 2.77. The molecule has 0 aromatic carbocycles. The van der Waals surface area contributed by atoms with Crippen LogP contribution in [0, 0.1) is 10.8 Å². The van der Waals surface area contributed by atoms with Crippen molar-refractivity contribution in [1.29, 1.82) is 0 Å². The van der Waals surface area contributed by atoms with E-state index in [0.717, 1.165) is 6.42 Å². The molecular formula is C15H20N4O2. The Morgan fingerprint density at radius 1 is 1.38 bits per heavy atom. The van der Waals surface area contributed by atoms with Crippen molar-refractivity contribution in [2.24, 2.45) is 23.6 Å². The number of hydrogen-bond acceptors (Lipinski definition) is 4. The zero-order valence-corrected chi connectivity index (χ0v) is 12.6. The number of nitrogens with two attached hydrogens (primary N) is 1. The third-order valence-corrected chi connectivity index (χ3v) is 4.36. The minimum absolute atomic E-state index is 0.00243. The molecule has 6 heteroatoms. The molecule has 112 valence electrons. The van der Waals surface area contributed by atoms with E-state index in [-0.39, 0.29) is 17.1 Å². The van der Waals surface area contributed by atoms with Gasteiger partial charge < -0.3 is 10.6 Å². The van der Waals surface area contributed by atoms with Crippen LogP contribution in [-0.2, 0) is 11.8 Å². The quantitative estimate of drug-likeness (QED) is 0.825. The van der Waals surface area contributed by atoms with Crippen molar-refractivity contribution in [2.45, 2.75) is 20.3 Å². The van der Waals surface area contributed by atoms with Gasteiger partial charge in [0.1, 0.15) is 5.69 Å². The monoisotopic (exact) mass is 288 g/mol. The molecule has 0 saturated carbocycles. The number of carbonyl (C=O) groups excluding carboxylic acids is 2. The number of nitrogens with zero attached hydrogens (tertiary/aromatic N) is 3. The molecule has 0 radical (unpaired) electrons. The lowest BCUT2D eigenvalue weighted by Crippen LogP contribution is -2.61. The summed E-state index contributed by atoms with van der Waals surface area (Å²) < 4.78 is 1.61. The van der Waals surface area contributed by atoms with Crippen LogP contribution in [0.4, 0.5) is 0 Å². The summed E-state index contributed by atoms with van der Waals surface area (Å²) in [4.78, 5) is 26.1. The maximum Gasteiger partial charge on any atom is 0.274 e. The second-order valence-corrected chi connectivity index (χ2v) is 6.89. The van der Waals surface area contributed by atoms with Gasteiger partial charge in [0.05, 0.1) is 5.70 Å². The maximum absolute atomic E-state index is 12.3. The summed E-state index contributed by atoms with van der Waals surface area (Å²) in [5.41, 5.74) is 6.03. The first kappa shape index (κ1) is 13.9. The summed E-state index contributed by atoms with van der Waals surface area (Å²) in [5.74, 6) is -0.0643. The molecular weight excluding hydrogens is 268 g/mol. The summed E-state index contributed by atoms with van der Waals surface area (Å²) in [7, 11) is 1.78. The van der Waals surface area contributed by atoms with Crippen LogP contribution >= 0.6 is 0 Å². The van der Waals surface area contributed by atoms with Gasteiger partial charge in [-0.1, -0.05) is 13.8 Å². The minimum Gasteiger partial charge on any atom is -0.396 e. The molecule has 0 bridgehead atoms. The first-order valence-electron chi connectivity index (χ1n) is 7.05. The predicted molar refractivity (Wildman–Crippen MR) is 77.2 cm³/mol. The van der Waals surface area contributed by atoms with Crippen LogP contribution in [0.3, 0.4) is 0 Å². The molecule has 1 aliphatic heterocycles. The van der Waals surface area contributed by atoms with E-state index < -0.39 is 5.41 Å². The second-order valence-electron chi connectivity index (χ2n) is 6.89. The van der Waals surface area contributed by atoms with E-state index in [1.807, 2.05) is 19.9 Å². The van der Waals surface area contributed by atoms with Crippen molar-refractivity contribution in [3.63, 3.8) is 0 Å². The van der Waals surface area contributed by atoms with E-state index in [1.54, 1.807) is 28.9 Å². The predicted octanol–water partition coefficient (Wildman–Crippen LogP) is 0.704. The summed E-state index contributed by atoms with van der Waals surface area (Å²) in [6.07, 6.45) is 4.33. The fraction of sp³-hybridized carbons (Fsp3) is 0.533. The number of carbonyl (C=O) groups is 2. The van der Waals surface area contributed by atoms with Crippen LogP contribution in [0.15, 0.2) is 24.0 Å². The second kappa shape index (κ2) is 4.19. The number of likely N-dealkylation sites (tertiary alicyclic amines) is 1. The molecule has 2 N–H and O–H groups in total. The Labute approximate surface area is 123 Å². The van der Waals surface area contributed by atoms with E-state index in [4.69, 9.17) is 5.73 Å². The summed E-state index contributed by atoms with van der Waals surface area (Å²) >= 11 is 0. The molecule has 1 aromatic rings. The van der Waals surface area contributed by atoms with E-state index in [2.05, 4.69) is 5.10 Å². The largest absolute Gasteiger partial charge is 0.396 e. The van der Waals surface area contributed by atoms with Crippen LogP contribution in [0.1, 0.15) is 30.8 Å². The molecule has 2 heterocycles. The van der Waals surface area contributed by atoms with Crippen molar-refractivity contribution in [1.82, 2.24) is 14.7 Å². The van der Waals surface area contributed by atoms with Crippen molar-refractivity contribution in [3.8, 4) is 0 Å². The fourth-order valence-electron chi connectivity index (χ4n) is 3.55. The highest BCUT2D eigenvalue weighted by Gasteiger charge is 2.52. The third kappa shape index (κ3) is 2.14. The van der Waals surface area contributed by atoms with Crippen LogP contribution in [0.2, 0.25) is 0 Å². The SMILES string of the molecule is Cn1ccc(C(=O)N2CC3(C=C(N)C(=O)C(C)(C)C3)C2)n1. The first-order valence-corrected chi connectivity index (χ1v) is 7.05. The Bertz CT molecular complexity index is 650. The lowest BCUT2D eigenvalue weighted by Gasteiger charge is -2.53. The standard InChI is InChI=1S/C15H20N4O2/c1-14(2)7-15(6-10(16)12(14)20)8-19(9-15)13(21)11-4-5-18(3)17-11/h4-6H,7-9,16H2,1-3H3. The number of ketones is 1. The highest BCUT2D eigenvalue weighted by Crippen LogP contribution is 2.47. The number of aryl methyl sites for hydroxylation is 1. The third-order valence-electron chi connectivity index (χ3n) is 4.36. The van der Waals surface area contributed by atoms with Gasteiger partial charge in [-0.3, -0.25) is 14.3 Å². The first-order chi connectivity index (χ1) is 9.72. The molecule has 1 aromatic heterocycles. The minimum atomic E-state index is -0.459. The summed E-state index contributed by atoms with van der Waals surface area (Å²) in [6, 6.07) is 1.71. The molecule has 1 fully saturated rings. The van der Waals surface area contributed by atoms with Gasteiger partial charge in [-0.15, -0.1) is 0 Å². The maximum atomic E-state index is 12.3. The van der Waals surface area contributed by atoms with Crippen molar-refractivity contribution >= 4 is 11.7 Å². The van der Waals surface area contributed by atoms with Crippen LogP contribution in [0.5, 0.6) is 0 Å². The average Bonchev–Trinajstić information content (AvgIpc) is 2.78. The number of aromatic nitrogens is 2. The van der Waals surface area contributed by atoms with E-state index >= 15 is 0 Å². The van der Waals surface area contributed by atoms with E-state index in [1.165, 1.54) is 0 Å². The van der Waals surface area contributed by atoms with Gasteiger partial charge in [0.2, 0.25) is 0 Å². The summed E-state index contributed by atoms with van der Waals surface area (Å²) in [6.45, 7) is 5.03. The van der Waals surface area contributed by atoms with Gasteiger partial charge in [0.15, 0.2) is 5.78 Å². The molecule has 2 aliphatic rings. The highest BCUT2D eigenvalue weighted by atomic mass is 16.2. The lowest BCUT2D eigenvalue weighted by atomic mass is 9.62. The molecule has 1 aliphatic carbocycles. The number of amides is 1. The highest BCUT2D eigenvalue weighted by molar-refractivity contribution is 6.00. The topological polar surface area (TPSA) is 81.2 Å². The molecule has 0 atom stereocenters. The average molecular weight is 288 g/mol. The summed E-state index contributed by atoms with van der Waals surface area (Å²) in [5, 5.41) is 4.13. The Morgan fingerprint density at radius 2 is 2.05 bits per heavy atom. The Morgan fingerprint density at radius 3 is 2.57 bits per heavy atom. The van der Waals surface area contributed by atoms with Gasteiger partial charge in [0, 0.05) is 37.2 Å². The molecule has 21 heavy (non-hydrogen) atoms. The van der Waals surface area contributed by atoms with Crippen LogP contribution < -0.4 is 5.73 Å². The zero-order valence-electron chi connectivity index (χ0n) is 12.6. The van der Waals surface area contributed by atoms with Crippen molar-refractivity contribution in [2.75, 3.05) is 13.1 Å². The molecule has 1 spiro atoms. The Hall–Kier alpha value is -2.11. The molecule has 0 unspecified atom stereocenters. The normalized spacial score (nSPS) is 22.9. The smallest absolute Gasteiger partial charge is 0.274 e. The molecule has 3 rings (SSSR count). The van der Waals surface area contributed by atoms with E-state index in [0.29, 0.717) is 24.5 Å². The number of allylic oxidation sites excluding steroid dienone is 1. The van der Waals surface area contributed by atoms with Gasteiger partial charge in [-0.25, -0.2) is 0 Å². The van der Waals surface area contributed by atoms with Gasteiger partial charge in [-0.05, 0) is 18.6 Å². The number of rotatable bonds is 1. The van der Waals surface area contributed by atoms with Gasteiger partial charge in [0.25, 0.3) is 5.91 Å². The lowest BCUT2D eigenvalue weighted by molar-refractivity contribution is -0.127. The van der Waals surface area contributed by atoms with E-state index in [9.17, 15) is 9.59 Å². The van der Waals surface area contributed by atoms with Crippen molar-refractivity contribution in [3.05, 3.63) is 29.7 Å².